The molecule has 6 nitrogen and oxygen atoms in total. The smallest absolute Gasteiger partial charge is 0.338 e. The van der Waals surface area contributed by atoms with E-state index in [1.165, 1.54) is 18.2 Å². The highest BCUT2D eigenvalue weighted by atomic mass is 32.2. The lowest BCUT2D eigenvalue weighted by molar-refractivity contribution is 0.0526. The number of anilines is 1. The van der Waals surface area contributed by atoms with Gasteiger partial charge in [0, 0.05) is 5.69 Å². The van der Waals surface area contributed by atoms with E-state index in [1.807, 2.05) is 6.92 Å². The van der Waals surface area contributed by atoms with Gasteiger partial charge < -0.3 is 10.1 Å². The first-order chi connectivity index (χ1) is 13.8. The van der Waals surface area contributed by atoms with E-state index in [1.54, 1.807) is 49.4 Å². The van der Waals surface area contributed by atoms with Crippen molar-refractivity contribution in [3.8, 4) is 0 Å². The van der Waals surface area contributed by atoms with Gasteiger partial charge >= 0.3 is 5.97 Å². The van der Waals surface area contributed by atoms with Crippen LogP contribution in [0, 0.1) is 6.92 Å². The Morgan fingerprint density at radius 1 is 1.03 bits per heavy atom. The summed E-state index contributed by atoms with van der Waals surface area (Å²) in [6.45, 7) is 3.84. The van der Waals surface area contributed by atoms with Crippen molar-refractivity contribution in [1.82, 2.24) is 0 Å². The average Bonchev–Trinajstić information content (AvgIpc) is 3.20. The molecular weight excluding hydrogens is 410 g/mol. The zero-order chi connectivity index (χ0) is 21.0. The molecule has 0 saturated heterocycles. The molecule has 8 heteroatoms. The lowest BCUT2D eigenvalue weighted by Gasteiger charge is -2.06. The largest absolute Gasteiger partial charge is 0.462 e. The standard InChI is InChI=1S/C21H19NO5S2/c1-3-27-21(24)15-5-4-6-16(13-15)22-20(23)18-11-12-19(28-18)29(25,26)17-9-7-14(2)8-10-17/h4-13H,3H2,1-2H3,(H,22,23). The minimum Gasteiger partial charge on any atom is -0.462 e. The zero-order valence-electron chi connectivity index (χ0n) is 15.8. The summed E-state index contributed by atoms with van der Waals surface area (Å²) in [5.74, 6) is -0.937. The maximum Gasteiger partial charge on any atom is 0.338 e. The first-order valence-corrected chi connectivity index (χ1v) is 11.1. The number of sulfone groups is 1. The van der Waals surface area contributed by atoms with Gasteiger partial charge in [-0.25, -0.2) is 13.2 Å². The van der Waals surface area contributed by atoms with E-state index < -0.39 is 21.7 Å². The number of thiophene rings is 1. The van der Waals surface area contributed by atoms with E-state index >= 15 is 0 Å². The van der Waals surface area contributed by atoms with Crippen LogP contribution < -0.4 is 5.32 Å². The van der Waals surface area contributed by atoms with E-state index in [-0.39, 0.29) is 20.6 Å². The zero-order valence-corrected chi connectivity index (χ0v) is 17.5. The quantitative estimate of drug-likeness (QED) is 0.590. The molecule has 3 aromatic rings. The van der Waals surface area contributed by atoms with Crippen LogP contribution in [0.15, 0.2) is 69.8 Å². The van der Waals surface area contributed by atoms with Crippen LogP contribution in [0.25, 0.3) is 0 Å². The Bertz CT molecular complexity index is 1150. The summed E-state index contributed by atoms with van der Waals surface area (Å²) in [4.78, 5) is 24.8. The second kappa shape index (κ2) is 8.59. The molecule has 1 amide bonds. The van der Waals surface area contributed by atoms with Crippen LogP contribution in [0.3, 0.4) is 0 Å². The number of nitrogens with one attached hydrogen (secondary N) is 1. The Labute approximate surface area is 173 Å². The van der Waals surface area contributed by atoms with E-state index in [0.717, 1.165) is 16.9 Å². The first-order valence-electron chi connectivity index (χ1n) is 8.81. The molecule has 0 atom stereocenters. The van der Waals surface area contributed by atoms with Gasteiger partial charge in [0.2, 0.25) is 9.84 Å². The molecule has 0 unspecified atom stereocenters. The number of amides is 1. The topological polar surface area (TPSA) is 89.5 Å². The van der Waals surface area contributed by atoms with Crippen LogP contribution >= 0.6 is 11.3 Å². The molecule has 3 rings (SSSR count). The normalized spacial score (nSPS) is 11.1. The van der Waals surface area contributed by atoms with Crippen LogP contribution in [0.4, 0.5) is 5.69 Å². The van der Waals surface area contributed by atoms with Gasteiger partial charge in [-0.2, -0.15) is 0 Å². The van der Waals surface area contributed by atoms with Gasteiger partial charge in [-0.15, -0.1) is 11.3 Å². The summed E-state index contributed by atoms with van der Waals surface area (Å²) in [5.41, 5.74) is 1.69. The summed E-state index contributed by atoms with van der Waals surface area (Å²) in [6.07, 6.45) is 0. The highest BCUT2D eigenvalue weighted by Crippen LogP contribution is 2.28. The molecule has 0 aliphatic carbocycles. The van der Waals surface area contributed by atoms with Gasteiger partial charge in [-0.05, 0) is 56.3 Å². The van der Waals surface area contributed by atoms with Gasteiger partial charge in [0.05, 0.1) is 21.9 Å². The fourth-order valence-electron chi connectivity index (χ4n) is 2.55. The van der Waals surface area contributed by atoms with Gasteiger partial charge in [-0.1, -0.05) is 23.8 Å². The van der Waals surface area contributed by atoms with Gasteiger partial charge in [0.1, 0.15) is 4.21 Å². The highest BCUT2D eigenvalue weighted by molar-refractivity contribution is 7.93. The maximum atomic E-state index is 12.7. The number of rotatable bonds is 6. The third kappa shape index (κ3) is 4.72. The molecule has 0 spiro atoms. The molecular formula is C21H19NO5S2. The molecule has 1 aromatic heterocycles. The molecule has 0 radical (unpaired) electrons. The van der Waals surface area contributed by atoms with Gasteiger partial charge in [-0.3, -0.25) is 4.79 Å². The second-order valence-corrected chi connectivity index (χ2v) is 9.45. The van der Waals surface area contributed by atoms with Crippen LogP contribution in [0.5, 0.6) is 0 Å². The summed E-state index contributed by atoms with van der Waals surface area (Å²) < 4.78 is 30.5. The Morgan fingerprint density at radius 3 is 2.45 bits per heavy atom. The number of hydrogen-bond donors (Lipinski definition) is 1. The van der Waals surface area contributed by atoms with Crippen molar-refractivity contribution in [1.29, 1.82) is 0 Å². The summed E-state index contributed by atoms with van der Waals surface area (Å²) in [7, 11) is -3.69. The number of esters is 1. The maximum absolute atomic E-state index is 12.7. The van der Waals surface area contributed by atoms with Crippen molar-refractivity contribution < 1.29 is 22.7 Å². The predicted octanol–water partition coefficient (Wildman–Crippen LogP) is 4.32. The van der Waals surface area contributed by atoms with E-state index in [2.05, 4.69) is 5.32 Å². The fourth-order valence-corrected chi connectivity index (χ4v) is 5.15. The lowest BCUT2D eigenvalue weighted by atomic mass is 10.2. The number of aryl methyl sites for hydroxylation is 1. The third-order valence-corrected chi connectivity index (χ3v) is 7.38. The van der Waals surface area contributed by atoms with Crippen molar-refractivity contribution in [3.63, 3.8) is 0 Å². The minimum atomic E-state index is -3.69. The number of benzene rings is 2. The summed E-state index contributed by atoms with van der Waals surface area (Å²) in [5, 5.41) is 2.68. The minimum absolute atomic E-state index is 0.0896. The van der Waals surface area contributed by atoms with Crippen LogP contribution in [-0.2, 0) is 14.6 Å². The lowest BCUT2D eigenvalue weighted by Crippen LogP contribution is -2.11. The first kappa shape index (κ1) is 20.8. The molecule has 1 heterocycles. The fraction of sp³-hybridized carbons (Fsp3) is 0.143. The van der Waals surface area contributed by atoms with Crippen LogP contribution in [0.1, 0.15) is 32.5 Å². The Hall–Kier alpha value is -2.97. The van der Waals surface area contributed by atoms with Crippen molar-refractivity contribution >= 4 is 38.7 Å². The molecule has 2 aromatic carbocycles. The van der Waals surface area contributed by atoms with E-state index in [0.29, 0.717) is 11.3 Å². The highest BCUT2D eigenvalue weighted by Gasteiger charge is 2.22. The molecule has 150 valence electrons. The number of ether oxygens (including phenoxy) is 1. The molecule has 0 saturated carbocycles. The van der Waals surface area contributed by atoms with Crippen molar-refractivity contribution in [2.45, 2.75) is 23.0 Å². The molecule has 0 aliphatic rings. The summed E-state index contributed by atoms with van der Waals surface area (Å²) in [6, 6.07) is 15.8. The van der Waals surface area contributed by atoms with E-state index in [4.69, 9.17) is 4.74 Å². The number of carbonyl (C=O) groups is 2. The Kier molecular flexibility index (Phi) is 6.14. The monoisotopic (exact) mass is 429 g/mol. The van der Waals surface area contributed by atoms with E-state index in [9.17, 15) is 18.0 Å². The second-order valence-electron chi connectivity index (χ2n) is 6.19. The summed E-state index contributed by atoms with van der Waals surface area (Å²) >= 11 is 0.893. The number of carbonyl (C=O) groups excluding carboxylic acids is 2. The molecule has 1 N–H and O–H groups in total. The predicted molar refractivity (Wildman–Crippen MR) is 111 cm³/mol. The average molecular weight is 430 g/mol. The molecule has 0 aliphatic heterocycles. The van der Waals surface area contributed by atoms with Crippen LogP contribution in [0.2, 0.25) is 0 Å². The third-order valence-electron chi connectivity index (χ3n) is 4.03. The van der Waals surface area contributed by atoms with Crippen LogP contribution in [-0.4, -0.2) is 26.9 Å². The van der Waals surface area contributed by atoms with Crippen molar-refractivity contribution in [2.75, 3.05) is 11.9 Å². The molecule has 29 heavy (non-hydrogen) atoms. The SMILES string of the molecule is CCOC(=O)c1cccc(NC(=O)c2ccc(S(=O)(=O)c3ccc(C)cc3)s2)c1. The molecule has 0 fully saturated rings. The van der Waals surface area contributed by atoms with Gasteiger partial charge in [0.15, 0.2) is 0 Å². The van der Waals surface area contributed by atoms with Crippen molar-refractivity contribution in [3.05, 3.63) is 76.7 Å². The number of hydrogen-bond acceptors (Lipinski definition) is 6. The van der Waals surface area contributed by atoms with Gasteiger partial charge in [0.25, 0.3) is 5.91 Å². The van der Waals surface area contributed by atoms with Crippen molar-refractivity contribution in [2.24, 2.45) is 0 Å². The Morgan fingerprint density at radius 2 is 1.76 bits per heavy atom. The Balaban J connectivity index is 1.79. The molecule has 0 bridgehead atoms.